The highest BCUT2D eigenvalue weighted by Gasteiger charge is 2.73. The van der Waals surface area contributed by atoms with Crippen LogP contribution in [0.5, 0.6) is 0 Å². The third-order valence-corrected chi connectivity index (χ3v) is 12.5. The van der Waals surface area contributed by atoms with Gasteiger partial charge in [0, 0.05) is 5.92 Å². The molecule has 0 amide bonds. The van der Waals surface area contributed by atoms with Crippen molar-refractivity contribution in [2.75, 3.05) is 6.61 Å². The number of Topliss-reactive ketones (excluding diaryl/α,β-unsaturated/α-hetero) is 1. The normalized spacial score (nSPS) is 40.9. The maximum Gasteiger partial charge on any atom is 0.341 e. The molecule has 0 radical (unpaired) electrons. The average molecular weight is 397 g/mol. The summed E-state index contributed by atoms with van der Waals surface area (Å²) in [4.78, 5) is 26.2. The number of carbonyl (C=O) groups is 2. The number of carbonyl (C=O) groups excluding carboxylic acids is 2. The predicted octanol–water partition coefficient (Wildman–Crippen LogP) is 4.10. The highest BCUT2D eigenvalue weighted by Crippen LogP contribution is 2.60. The van der Waals surface area contributed by atoms with Gasteiger partial charge in [0.2, 0.25) is 0 Å². The molecule has 6 atom stereocenters. The summed E-state index contributed by atoms with van der Waals surface area (Å²) in [5.41, 5.74) is -2.14. The molecule has 3 rings (SSSR count). The Bertz CT molecular complexity index is 595. The van der Waals surface area contributed by atoms with Crippen molar-refractivity contribution in [3.63, 3.8) is 0 Å². The van der Waals surface area contributed by atoms with Crippen molar-refractivity contribution >= 4 is 20.1 Å². The summed E-state index contributed by atoms with van der Waals surface area (Å²) in [5.74, 6) is 0.363. The Labute approximate surface area is 164 Å². The first-order valence-electron chi connectivity index (χ1n) is 10.8. The minimum absolute atomic E-state index is 0.0440. The van der Waals surface area contributed by atoms with Gasteiger partial charge in [-0.05, 0) is 56.7 Å². The van der Waals surface area contributed by atoms with Gasteiger partial charge in [-0.3, -0.25) is 4.79 Å². The molecule has 2 saturated heterocycles. The van der Waals surface area contributed by atoms with Crippen molar-refractivity contribution in [3.8, 4) is 0 Å². The van der Waals surface area contributed by atoms with Crippen LogP contribution in [0.25, 0.3) is 0 Å². The van der Waals surface area contributed by atoms with Gasteiger partial charge in [0.15, 0.2) is 19.7 Å². The SMILES string of the molecule is CCOC(=O)[C@]12CC(=O)[C@](C)(O1)[C@@H]1CC[C@@H](C)[C@H]1[C@H]2O[Si](CC)(CC)CC. The van der Waals surface area contributed by atoms with E-state index in [9.17, 15) is 9.59 Å². The first kappa shape index (κ1) is 21.0. The standard InChI is InChI=1S/C21H36O5Si/c1-7-24-19(23)21-13-16(22)20(6,26-21)15-12-11-14(5)17(15)18(21)25-27(8-2,9-3)10-4/h14-15,17-18H,7-13H2,1-6H3/t14-,15-,17-,18-,20-,21-/m1/s1. The second-order valence-electron chi connectivity index (χ2n) is 8.94. The van der Waals surface area contributed by atoms with E-state index in [1.54, 1.807) is 6.92 Å². The highest BCUT2D eigenvalue weighted by molar-refractivity contribution is 6.73. The molecule has 2 heterocycles. The molecule has 2 aliphatic heterocycles. The molecule has 27 heavy (non-hydrogen) atoms. The van der Waals surface area contributed by atoms with Crippen LogP contribution in [0.3, 0.4) is 0 Å². The van der Waals surface area contributed by atoms with Crippen LogP contribution in [0, 0.1) is 17.8 Å². The lowest BCUT2D eigenvalue weighted by Gasteiger charge is -2.52. The number of hydrogen-bond donors (Lipinski definition) is 0. The van der Waals surface area contributed by atoms with E-state index in [-0.39, 0.29) is 36.8 Å². The molecule has 0 N–H and O–H groups in total. The van der Waals surface area contributed by atoms with Crippen molar-refractivity contribution in [2.24, 2.45) is 17.8 Å². The fourth-order valence-corrected chi connectivity index (χ4v) is 8.83. The molecule has 1 saturated carbocycles. The summed E-state index contributed by atoms with van der Waals surface area (Å²) in [7, 11) is -2.00. The van der Waals surface area contributed by atoms with Crippen molar-refractivity contribution in [1.29, 1.82) is 0 Å². The van der Waals surface area contributed by atoms with Crippen molar-refractivity contribution < 1.29 is 23.5 Å². The van der Waals surface area contributed by atoms with Crippen molar-refractivity contribution in [1.82, 2.24) is 0 Å². The minimum Gasteiger partial charge on any atom is -0.464 e. The fraction of sp³-hybridized carbons (Fsp3) is 0.905. The quantitative estimate of drug-likeness (QED) is 0.479. The summed E-state index contributed by atoms with van der Waals surface area (Å²) in [5, 5.41) is 0. The lowest BCUT2D eigenvalue weighted by Crippen LogP contribution is -2.65. The number of esters is 1. The summed E-state index contributed by atoms with van der Waals surface area (Å²) < 4.78 is 18.8. The van der Waals surface area contributed by atoms with Crippen molar-refractivity contribution in [2.45, 2.75) is 96.2 Å². The van der Waals surface area contributed by atoms with E-state index in [1.807, 2.05) is 6.92 Å². The molecule has 0 unspecified atom stereocenters. The third kappa shape index (κ3) is 2.94. The summed E-state index contributed by atoms with van der Waals surface area (Å²) >= 11 is 0. The molecule has 1 aliphatic carbocycles. The van der Waals surface area contributed by atoms with Gasteiger partial charge < -0.3 is 13.9 Å². The monoisotopic (exact) mass is 396 g/mol. The molecule has 0 aromatic carbocycles. The Morgan fingerprint density at radius 1 is 1.19 bits per heavy atom. The zero-order chi connectivity index (χ0) is 20.0. The number of fused-ring (bicyclic) bond motifs is 4. The molecular formula is C21H36O5Si. The van der Waals surface area contributed by atoms with Gasteiger partial charge in [0.1, 0.15) is 5.60 Å². The summed E-state index contributed by atoms with van der Waals surface area (Å²) in [6.45, 7) is 12.8. The minimum atomic E-state index is -2.00. The van der Waals surface area contributed by atoms with Crippen LogP contribution >= 0.6 is 0 Å². The van der Waals surface area contributed by atoms with E-state index in [4.69, 9.17) is 13.9 Å². The topological polar surface area (TPSA) is 61.8 Å². The van der Waals surface area contributed by atoms with Gasteiger partial charge in [0.05, 0.1) is 19.1 Å². The molecule has 2 bridgehead atoms. The molecule has 6 heteroatoms. The van der Waals surface area contributed by atoms with E-state index < -0.39 is 25.5 Å². The molecule has 3 fully saturated rings. The Morgan fingerprint density at radius 3 is 2.37 bits per heavy atom. The maximum atomic E-state index is 13.2. The van der Waals surface area contributed by atoms with Gasteiger partial charge in [-0.2, -0.15) is 0 Å². The van der Waals surface area contributed by atoms with E-state index >= 15 is 0 Å². The predicted molar refractivity (Wildman–Crippen MR) is 106 cm³/mol. The van der Waals surface area contributed by atoms with E-state index in [1.165, 1.54) is 0 Å². The zero-order valence-electron chi connectivity index (χ0n) is 17.8. The first-order chi connectivity index (χ1) is 12.7. The van der Waals surface area contributed by atoms with Crippen LogP contribution in [-0.4, -0.2) is 44.0 Å². The lowest BCUT2D eigenvalue weighted by molar-refractivity contribution is -0.238. The average Bonchev–Trinajstić information content (AvgIpc) is 3.15. The van der Waals surface area contributed by atoms with Crippen molar-refractivity contribution in [3.05, 3.63) is 0 Å². The molecule has 0 aromatic rings. The van der Waals surface area contributed by atoms with Gasteiger partial charge in [-0.25, -0.2) is 4.79 Å². The van der Waals surface area contributed by atoms with Crippen LogP contribution in [0.2, 0.25) is 18.1 Å². The molecule has 5 nitrogen and oxygen atoms in total. The Balaban J connectivity index is 2.10. The largest absolute Gasteiger partial charge is 0.464 e. The number of rotatable bonds is 7. The van der Waals surface area contributed by atoms with Gasteiger partial charge in [-0.1, -0.05) is 27.7 Å². The molecule has 154 valence electrons. The van der Waals surface area contributed by atoms with Gasteiger partial charge >= 0.3 is 5.97 Å². The molecule has 0 aromatic heterocycles. The van der Waals surface area contributed by atoms with Crippen LogP contribution < -0.4 is 0 Å². The fourth-order valence-electron chi connectivity index (χ4n) is 5.94. The Hall–Kier alpha value is -0.723. The van der Waals surface area contributed by atoms with Crippen LogP contribution in [0.4, 0.5) is 0 Å². The second kappa shape index (κ2) is 7.27. The van der Waals surface area contributed by atoms with Gasteiger partial charge in [0.25, 0.3) is 0 Å². The zero-order valence-corrected chi connectivity index (χ0v) is 18.8. The van der Waals surface area contributed by atoms with Crippen LogP contribution in [-0.2, 0) is 23.5 Å². The Kier molecular flexibility index (Phi) is 5.65. The van der Waals surface area contributed by atoms with Crippen LogP contribution in [0.15, 0.2) is 0 Å². The van der Waals surface area contributed by atoms with E-state index in [0.29, 0.717) is 5.92 Å². The Morgan fingerprint density at radius 2 is 1.81 bits per heavy atom. The maximum absolute atomic E-state index is 13.2. The number of ether oxygens (including phenoxy) is 2. The smallest absolute Gasteiger partial charge is 0.341 e. The van der Waals surface area contributed by atoms with E-state index in [2.05, 4.69) is 27.7 Å². The molecule has 0 spiro atoms. The molecule has 3 aliphatic rings. The highest BCUT2D eigenvalue weighted by atomic mass is 28.4. The lowest BCUT2D eigenvalue weighted by atomic mass is 9.72. The van der Waals surface area contributed by atoms with Gasteiger partial charge in [-0.15, -0.1) is 0 Å². The van der Waals surface area contributed by atoms with E-state index in [0.717, 1.165) is 31.0 Å². The third-order valence-electron chi connectivity index (χ3n) is 7.87. The first-order valence-corrected chi connectivity index (χ1v) is 13.3. The number of ketones is 1. The van der Waals surface area contributed by atoms with Crippen LogP contribution in [0.1, 0.15) is 60.8 Å². The summed E-state index contributed by atoms with van der Waals surface area (Å²) in [6.07, 6.45) is 1.74. The summed E-state index contributed by atoms with van der Waals surface area (Å²) in [6, 6.07) is 3.02. The number of hydrogen-bond acceptors (Lipinski definition) is 5. The molecular weight excluding hydrogens is 360 g/mol. The second-order valence-corrected chi connectivity index (χ2v) is 13.7.